The largest absolute Gasteiger partial charge is 0.378 e. The zero-order chi connectivity index (χ0) is 11.8. The molecule has 1 rings (SSSR count). The van der Waals surface area contributed by atoms with E-state index in [2.05, 4.69) is 10.6 Å². The van der Waals surface area contributed by atoms with Crippen LogP contribution in [0.5, 0.6) is 0 Å². The van der Waals surface area contributed by atoms with Gasteiger partial charge in [0, 0.05) is 26.2 Å². The highest BCUT2D eigenvalue weighted by Crippen LogP contribution is 1.96. The van der Waals surface area contributed by atoms with Crippen LogP contribution in [0.15, 0.2) is 0 Å². The first-order valence-electron chi connectivity index (χ1n) is 5.29. The van der Waals surface area contributed by atoms with Crippen molar-refractivity contribution in [3.63, 3.8) is 0 Å². The van der Waals surface area contributed by atoms with Gasteiger partial charge in [0.2, 0.25) is 5.91 Å². The highest BCUT2D eigenvalue weighted by molar-refractivity contribution is 5.78. The molecule has 1 aliphatic heterocycles. The van der Waals surface area contributed by atoms with Crippen LogP contribution >= 0.6 is 0 Å². The van der Waals surface area contributed by atoms with Crippen LogP contribution < -0.4 is 16.4 Å². The topological polar surface area (TPSA) is 96.7 Å². The van der Waals surface area contributed by atoms with Crippen molar-refractivity contribution in [2.45, 2.75) is 0 Å². The summed E-state index contributed by atoms with van der Waals surface area (Å²) in [5, 5.41) is 5.37. The number of hydrogen-bond donors (Lipinski definition) is 3. The number of rotatable bonds is 5. The minimum atomic E-state index is -0.554. The van der Waals surface area contributed by atoms with Gasteiger partial charge in [0.25, 0.3) is 0 Å². The molecule has 1 heterocycles. The molecule has 7 heteroatoms. The molecule has 0 spiro atoms. The number of hydrogen-bond acceptors (Lipinski definition) is 4. The maximum atomic E-state index is 11.6. The second-order valence-corrected chi connectivity index (χ2v) is 3.46. The van der Waals surface area contributed by atoms with Gasteiger partial charge in [0.15, 0.2) is 0 Å². The van der Waals surface area contributed by atoms with Gasteiger partial charge in [-0.25, -0.2) is 4.79 Å². The summed E-state index contributed by atoms with van der Waals surface area (Å²) in [5.74, 6) is 0.0578. The van der Waals surface area contributed by atoms with Crippen LogP contribution in [0.3, 0.4) is 0 Å². The molecular weight excluding hydrogens is 212 g/mol. The monoisotopic (exact) mass is 230 g/mol. The Balaban J connectivity index is 2.03. The molecule has 0 unspecified atom stereocenters. The van der Waals surface area contributed by atoms with Gasteiger partial charge in [-0.05, 0) is 0 Å². The average Bonchev–Trinajstić information content (AvgIpc) is 2.29. The Morgan fingerprint density at radius 2 is 1.94 bits per heavy atom. The van der Waals surface area contributed by atoms with E-state index in [1.165, 1.54) is 0 Å². The van der Waals surface area contributed by atoms with Crippen molar-refractivity contribution in [3.8, 4) is 0 Å². The first-order chi connectivity index (χ1) is 7.70. The number of amides is 3. The Labute approximate surface area is 94.3 Å². The molecule has 0 aliphatic carbocycles. The van der Waals surface area contributed by atoms with Crippen LogP contribution in [0.25, 0.3) is 0 Å². The number of morpholine rings is 1. The standard InChI is InChI=1S/C9H18N4O3/c10-9(15)12-2-1-11-7-8(14)13-3-5-16-6-4-13/h11H,1-7H2,(H3,10,12,15). The molecule has 0 aromatic heterocycles. The summed E-state index contributed by atoms with van der Waals surface area (Å²) in [5.41, 5.74) is 4.88. The fourth-order valence-corrected chi connectivity index (χ4v) is 1.39. The van der Waals surface area contributed by atoms with Gasteiger partial charge in [-0.15, -0.1) is 0 Å². The zero-order valence-corrected chi connectivity index (χ0v) is 9.20. The number of urea groups is 1. The van der Waals surface area contributed by atoms with Crippen molar-refractivity contribution in [2.75, 3.05) is 45.9 Å². The van der Waals surface area contributed by atoms with Crippen LogP contribution in [0.4, 0.5) is 4.79 Å². The summed E-state index contributed by atoms with van der Waals surface area (Å²) in [6.45, 7) is 3.75. The summed E-state index contributed by atoms with van der Waals surface area (Å²) in [7, 11) is 0. The van der Waals surface area contributed by atoms with Crippen molar-refractivity contribution in [3.05, 3.63) is 0 Å². The Hall–Kier alpha value is -1.34. The fourth-order valence-electron chi connectivity index (χ4n) is 1.39. The molecule has 0 aromatic carbocycles. The van der Waals surface area contributed by atoms with Gasteiger partial charge in [-0.3, -0.25) is 4.79 Å². The fraction of sp³-hybridized carbons (Fsp3) is 0.778. The number of nitrogens with two attached hydrogens (primary N) is 1. The molecule has 0 radical (unpaired) electrons. The van der Waals surface area contributed by atoms with Gasteiger partial charge in [-0.1, -0.05) is 0 Å². The lowest BCUT2D eigenvalue weighted by Crippen LogP contribution is -2.45. The summed E-state index contributed by atoms with van der Waals surface area (Å²) in [6.07, 6.45) is 0. The zero-order valence-electron chi connectivity index (χ0n) is 9.20. The molecule has 16 heavy (non-hydrogen) atoms. The number of carbonyl (C=O) groups is 2. The quantitative estimate of drug-likeness (QED) is 0.481. The molecule has 3 amide bonds. The Kier molecular flexibility index (Phi) is 5.58. The lowest BCUT2D eigenvalue weighted by atomic mass is 10.4. The second-order valence-electron chi connectivity index (χ2n) is 3.46. The third-order valence-electron chi connectivity index (χ3n) is 2.24. The molecule has 7 nitrogen and oxygen atoms in total. The summed E-state index contributed by atoms with van der Waals surface area (Å²) in [4.78, 5) is 23.7. The molecule has 1 aliphatic rings. The second kappa shape index (κ2) is 7.02. The number of nitrogens with one attached hydrogen (secondary N) is 2. The maximum Gasteiger partial charge on any atom is 0.312 e. The molecule has 4 N–H and O–H groups in total. The van der Waals surface area contributed by atoms with Crippen LogP contribution in [0.1, 0.15) is 0 Å². The van der Waals surface area contributed by atoms with Crippen molar-refractivity contribution in [2.24, 2.45) is 5.73 Å². The van der Waals surface area contributed by atoms with Crippen molar-refractivity contribution in [1.82, 2.24) is 15.5 Å². The minimum absolute atomic E-state index is 0.0578. The van der Waals surface area contributed by atoms with Gasteiger partial charge < -0.3 is 26.0 Å². The Morgan fingerprint density at radius 1 is 1.25 bits per heavy atom. The van der Waals surface area contributed by atoms with E-state index in [1.807, 2.05) is 0 Å². The van der Waals surface area contributed by atoms with E-state index in [9.17, 15) is 9.59 Å². The van der Waals surface area contributed by atoms with Gasteiger partial charge >= 0.3 is 6.03 Å². The van der Waals surface area contributed by atoms with E-state index >= 15 is 0 Å². The minimum Gasteiger partial charge on any atom is -0.378 e. The molecule has 1 saturated heterocycles. The Bertz CT molecular complexity index is 241. The third-order valence-corrected chi connectivity index (χ3v) is 2.24. The predicted octanol–water partition coefficient (Wildman–Crippen LogP) is -1.90. The van der Waals surface area contributed by atoms with Crippen molar-refractivity contribution >= 4 is 11.9 Å². The lowest BCUT2D eigenvalue weighted by molar-refractivity contribution is -0.134. The van der Waals surface area contributed by atoms with E-state index in [0.29, 0.717) is 39.4 Å². The molecule has 92 valence electrons. The molecule has 0 aromatic rings. The first kappa shape index (κ1) is 12.7. The SMILES string of the molecule is NC(=O)NCCNCC(=O)N1CCOCC1. The predicted molar refractivity (Wildman–Crippen MR) is 57.9 cm³/mol. The highest BCUT2D eigenvalue weighted by Gasteiger charge is 2.15. The molecule has 1 fully saturated rings. The first-order valence-corrected chi connectivity index (χ1v) is 5.29. The third kappa shape index (κ3) is 4.94. The van der Waals surface area contributed by atoms with E-state index < -0.39 is 6.03 Å². The highest BCUT2D eigenvalue weighted by atomic mass is 16.5. The van der Waals surface area contributed by atoms with Gasteiger partial charge in [-0.2, -0.15) is 0 Å². The van der Waals surface area contributed by atoms with Crippen LogP contribution in [0.2, 0.25) is 0 Å². The lowest BCUT2D eigenvalue weighted by Gasteiger charge is -2.26. The van der Waals surface area contributed by atoms with E-state index in [4.69, 9.17) is 10.5 Å². The van der Waals surface area contributed by atoms with Gasteiger partial charge in [0.05, 0.1) is 19.8 Å². The van der Waals surface area contributed by atoms with Crippen molar-refractivity contribution < 1.29 is 14.3 Å². The van der Waals surface area contributed by atoms with E-state index in [0.717, 1.165) is 0 Å². The number of ether oxygens (including phenoxy) is 1. The van der Waals surface area contributed by atoms with Crippen LogP contribution in [0, 0.1) is 0 Å². The summed E-state index contributed by atoms with van der Waals surface area (Å²) in [6, 6.07) is -0.554. The van der Waals surface area contributed by atoms with E-state index in [1.54, 1.807) is 4.90 Å². The smallest absolute Gasteiger partial charge is 0.312 e. The number of primary amides is 1. The Morgan fingerprint density at radius 3 is 2.56 bits per heavy atom. The molecule has 0 saturated carbocycles. The summed E-state index contributed by atoms with van der Waals surface area (Å²) >= 11 is 0. The maximum absolute atomic E-state index is 11.6. The molecular formula is C9H18N4O3. The molecule has 0 atom stereocenters. The van der Waals surface area contributed by atoms with Crippen LogP contribution in [-0.4, -0.2) is 62.8 Å². The van der Waals surface area contributed by atoms with Gasteiger partial charge in [0.1, 0.15) is 0 Å². The normalized spacial score (nSPS) is 15.9. The number of carbonyl (C=O) groups excluding carboxylic acids is 2. The van der Waals surface area contributed by atoms with E-state index in [-0.39, 0.29) is 12.5 Å². The molecule has 0 bridgehead atoms. The average molecular weight is 230 g/mol. The van der Waals surface area contributed by atoms with Crippen molar-refractivity contribution in [1.29, 1.82) is 0 Å². The van der Waals surface area contributed by atoms with Crippen LogP contribution in [-0.2, 0) is 9.53 Å². The summed E-state index contributed by atoms with van der Waals surface area (Å²) < 4.78 is 5.14. The number of nitrogens with zero attached hydrogens (tertiary/aromatic N) is 1.